The summed E-state index contributed by atoms with van der Waals surface area (Å²) in [6.07, 6.45) is -9.14. The van der Waals surface area contributed by atoms with Crippen LogP contribution >= 0.6 is 0 Å². The predicted molar refractivity (Wildman–Crippen MR) is 122 cm³/mol. The number of hydrogen-bond acceptors (Lipinski definition) is 7. The molecule has 0 aliphatic rings. The molecule has 0 bridgehead atoms. The summed E-state index contributed by atoms with van der Waals surface area (Å²) in [5.74, 6) is -1.80. The van der Waals surface area contributed by atoms with Crippen LogP contribution in [-0.4, -0.2) is 38.8 Å². The van der Waals surface area contributed by atoms with Gasteiger partial charge in [0, 0.05) is 29.2 Å². The molecule has 1 unspecified atom stereocenters. The van der Waals surface area contributed by atoms with Gasteiger partial charge in [-0.1, -0.05) is 6.58 Å². The molecule has 204 valence electrons. The van der Waals surface area contributed by atoms with Gasteiger partial charge in [-0.15, -0.1) is 13.2 Å². The maximum atomic E-state index is 13.6. The second-order valence-electron chi connectivity index (χ2n) is 8.22. The van der Waals surface area contributed by atoms with E-state index in [0.717, 1.165) is 25.1 Å². The van der Waals surface area contributed by atoms with Gasteiger partial charge in [-0.05, 0) is 37.3 Å². The molecule has 2 aromatic carbocycles. The molecule has 0 aliphatic carbocycles. The average molecular weight is 546 g/mol. The molecule has 0 N–H and O–H groups in total. The summed E-state index contributed by atoms with van der Waals surface area (Å²) in [6.45, 7) is 1.94. The Morgan fingerprint density at radius 1 is 0.974 bits per heavy atom. The van der Waals surface area contributed by atoms with E-state index in [4.69, 9.17) is 13.9 Å². The average Bonchev–Trinajstić information content (AvgIpc) is 2.83. The molecule has 38 heavy (non-hydrogen) atoms. The van der Waals surface area contributed by atoms with Gasteiger partial charge in [-0.3, -0.25) is 0 Å². The Morgan fingerprint density at radius 3 is 2.26 bits per heavy atom. The normalized spacial score (nSPS) is 13.5. The molecule has 0 aliphatic heterocycles. The highest BCUT2D eigenvalue weighted by atomic mass is 19.4. The van der Waals surface area contributed by atoms with Gasteiger partial charge in [0.15, 0.2) is 0 Å². The molecular formula is C25H20F6O7. The maximum Gasteiger partial charge on any atom is 0.573 e. The number of carbonyl (C=O) groups excluding carboxylic acids is 1. The number of carbonyl (C=O) groups is 1. The quantitative estimate of drug-likeness (QED) is 0.140. The third-order valence-corrected chi connectivity index (χ3v) is 5.35. The Morgan fingerprint density at radius 2 is 1.66 bits per heavy atom. The fourth-order valence-corrected chi connectivity index (χ4v) is 3.17. The van der Waals surface area contributed by atoms with E-state index < -0.39 is 48.5 Å². The van der Waals surface area contributed by atoms with Crippen LogP contribution < -0.4 is 19.8 Å². The van der Waals surface area contributed by atoms with Gasteiger partial charge in [-0.25, -0.2) is 9.59 Å². The van der Waals surface area contributed by atoms with Crippen molar-refractivity contribution >= 4 is 16.9 Å². The summed E-state index contributed by atoms with van der Waals surface area (Å²) in [4.78, 5) is 23.9. The van der Waals surface area contributed by atoms with E-state index >= 15 is 0 Å². The SMILES string of the molecule is C=CC(=O)OCC(C)(COc1ccc2cc(-c3ccc(OC)cc3OC(F)(F)F)c(=O)oc2c1)C(F)(F)F. The number of halogens is 6. The van der Waals surface area contributed by atoms with Gasteiger partial charge in [0.2, 0.25) is 0 Å². The van der Waals surface area contributed by atoms with Crippen LogP contribution in [0.4, 0.5) is 26.3 Å². The van der Waals surface area contributed by atoms with E-state index in [-0.39, 0.29) is 33.6 Å². The number of benzene rings is 2. The number of fused-ring (bicyclic) bond motifs is 1. The summed E-state index contributed by atoms with van der Waals surface area (Å²) in [5.41, 5.74) is -4.21. The van der Waals surface area contributed by atoms with Crippen LogP contribution in [0.1, 0.15) is 6.92 Å². The van der Waals surface area contributed by atoms with Crippen LogP contribution in [-0.2, 0) is 9.53 Å². The summed E-state index contributed by atoms with van der Waals surface area (Å²) >= 11 is 0. The number of alkyl halides is 6. The minimum atomic E-state index is -5.06. The van der Waals surface area contributed by atoms with E-state index in [1.807, 2.05) is 0 Å². The van der Waals surface area contributed by atoms with Crippen LogP contribution in [0, 0.1) is 5.41 Å². The first-order chi connectivity index (χ1) is 17.7. The first kappa shape index (κ1) is 28.4. The molecule has 0 radical (unpaired) electrons. The molecule has 3 rings (SSSR count). The van der Waals surface area contributed by atoms with Crippen LogP contribution in [0.2, 0.25) is 0 Å². The highest BCUT2D eigenvalue weighted by Crippen LogP contribution is 2.40. The lowest BCUT2D eigenvalue weighted by molar-refractivity contribution is -0.274. The third kappa shape index (κ3) is 6.58. The Kier molecular flexibility index (Phi) is 7.98. The van der Waals surface area contributed by atoms with Gasteiger partial charge < -0.3 is 23.4 Å². The largest absolute Gasteiger partial charge is 0.573 e. The number of methoxy groups -OCH3 is 1. The predicted octanol–water partition coefficient (Wildman–Crippen LogP) is 6.04. The standard InChI is InChI=1S/C25H20F6O7/c1-4-21(32)36-13-23(2,24(26,27)28)12-35-16-6-5-14-9-18(22(33)37-19(14)11-16)17-8-7-15(34-3)10-20(17)38-25(29,30)31/h4-11H,1,12-13H2,2-3H3. The zero-order chi connectivity index (χ0) is 28.3. The van der Waals surface area contributed by atoms with Crippen molar-refractivity contribution in [2.45, 2.75) is 19.5 Å². The first-order valence-corrected chi connectivity index (χ1v) is 10.7. The zero-order valence-corrected chi connectivity index (χ0v) is 19.9. The molecule has 1 aromatic heterocycles. The topological polar surface area (TPSA) is 84.2 Å². The fraction of sp³-hybridized carbons (Fsp3) is 0.280. The highest BCUT2D eigenvalue weighted by molar-refractivity contribution is 5.84. The van der Waals surface area contributed by atoms with Crippen molar-refractivity contribution in [3.05, 3.63) is 65.5 Å². The number of rotatable bonds is 9. The molecule has 0 fully saturated rings. The highest BCUT2D eigenvalue weighted by Gasteiger charge is 2.53. The van der Waals surface area contributed by atoms with Crippen LogP contribution in [0.3, 0.4) is 0 Å². The lowest BCUT2D eigenvalue weighted by Gasteiger charge is -2.31. The van der Waals surface area contributed by atoms with Crippen molar-refractivity contribution in [1.82, 2.24) is 0 Å². The van der Waals surface area contributed by atoms with Crippen molar-refractivity contribution in [3.63, 3.8) is 0 Å². The Labute approximate surface area is 211 Å². The number of ether oxygens (including phenoxy) is 4. The number of esters is 1. The minimum absolute atomic E-state index is 0.0464. The first-order valence-electron chi connectivity index (χ1n) is 10.7. The second-order valence-corrected chi connectivity index (χ2v) is 8.22. The van der Waals surface area contributed by atoms with E-state index in [2.05, 4.69) is 16.1 Å². The van der Waals surface area contributed by atoms with Crippen LogP contribution in [0.5, 0.6) is 17.2 Å². The molecule has 3 aromatic rings. The second kappa shape index (κ2) is 10.7. The minimum Gasteiger partial charge on any atom is -0.497 e. The van der Waals surface area contributed by atoms with Crippen LogP contribution in [0.15, 0.2) is 64.3 Å². The van der Waals surface area contributed by atoms with E-state index in [9.17, 15) is 35.9 Å². The third-order valence-electron chi connectivity index (χ3n) is 5.35. The van der Waals surface area contributed by atoms with Gasteiger partial charge in [0.25, 0.3) is 0 Å². The zero-order valence-electron chi connectivity index (χ0n) is 19.9. The molecule has 0 saturated heterocycles. The van der Waals surface area contributed by atoms with Gasteiger partial charge in [0.05, 0.1) is 12.7 Å². The fourth-order valence-electron chi connectivity index (χ4n) is 3.17. The van der Waals surface area contributed by atoms with Crippen molar-refractivity contribution in [2.75, 3.05) is 20.3 Å². The van der Waals surface area contributed by atoms with Gasteiger partial charge >= 0.3 is 24.1 Å². The smallest absolute Gasteiger partial charge is 0.497 e. The summed E-state index contributed by atoms with van der Waals surface area (Å²) < 4.78 is 104. The molecule has 13 heteroatoms. The van der Waals surface area contributed by atoms with Gasteiger partial charge in [-0.2, -0.15) is 13.2 Å². The van der Waals surface area contributed by atoms with E-state index in [1.54, 1.807) is 0 Å². The van der Waals surface area contributed by atoms with E-state index in [0.29, 0.717) is 0 Å². The Hall–Kier alpha value is -4.16. The van der Waals surface area contributed by atoms with Crippen LogP contribution in [0.25, 0.3) is 22.1 Å². The molecule has 1 heterocycles. The lowest BCUT2D eigenvalue weighted by atomic mass is 9.92. The monoisotopic (exact) mass is 546 g/mol. The van der Waals surface area contributed by atoms with Crippen molar-refractivity contribution in [1.29, 1.82) is 0 Å². The molecule has 0 saturated carbocycles. The van der Waals surface area contributed by atoms with Crippen molar-refractivity contribution in [2.24, 2.45) is 5.41 Å². The Bertz CT molecular complexity index is 1390. The molecule has 0 amide bonds. The van der Waals surface area contributed by atoms with Gasteiger partial charge in [0.1, 0.15) is 41.5 Å². The molecular weight excluding hydrogens is 526 g/mol. The summed E-state index contributed by atoms with van der Waals surface area (Å²) in [5, 5.41) is 0.235. The van der Waals surface area contributed by atoms with E-state index in [1.165, 1.54) is 37.4 Å². The molecule has 7 nitrogen and oxygen atoms in total. The maximum absolute atomic E-state index is 13.6. The molecule has 1 atom stereocenters. The van der Waals surface area contributed by atoms with Crippen molar-refractivity contribution in [3.8, 4) is 28.4 Å². The lowest BCUT2D eigenvalue weighted by Crippen LogP contribution is -2.44. The molecule has 0 spiro atoms. The number of hydrogen-bond donors (Lipinski definition) is 0. The summed E-state index contributed by atoms with van der Waals surface area (Å²) in [6, 6.07) is 8.47. The summed E-state index contributed by atoms with van der Waals surface area (Å²) in [7, 11) is 1.24. The van der Waals surface area contributed by atoms with Crippen molar-refractivity contribution < 1.29 is 54.5 Å². The Balaban J connectivity index is 1.93.